The number of rotatable bonds is 3. The number of hydrogen-bond donors (Lipinski definition) is 2. The number of piperidine rings is 1. The molecule has 2 N–H and O–H groups in total. The van der Waals surface area contributed by atoms with E-state index in [2.05, 4.69) is 33.3 Å². The molecular formula is C22H24N6O2. The lowest BCUT2D eigenvalue weighted by Crippen LogP contribution is -2.29. The molecule has 154 valence electrons. The molecule has 5 rings (SSSR count). The minimum atomic E-state index is -0.274. The summed E-state index contributed by atoms with van der Waals surface area (Å²) in [6, 6.07) is 9.40. The SMILES string of the molecule is CN1CCCC[C@@H]1c1cc2cnc(NC(=O)c3ccc4cc(=O)n(C)n4c3)cc2[nH]1. The molecule has 1 aliphatic heterocycles. The molecule has 8 heteroatoms. The van der Waals surface area contributed by atoms with E-state index in [0.29, 0.717) is 17.4 Å². The number of nitrogens with one attached hydrogen (secondary N) is 2. The molecule has 0 bridgehead atoms. The van der Waals surface area contributed by atoms with Gasteiger partial charge in [-0.15, -0.1) is 0 Å². The van der Waals surface area contributed by atoms with Gasteiger partial charge in [0.05, 0.1) is 16.6 Å². The fraction of sp³-hybridized carbons (Fsp3) is 0.318. The Kier molecular flexibility index (Phi) is 4.43. The molecule has 1 fully saturated rings. The predicted octanol–water partition coefficient (Wildman–Crippen LogP) is 2.92. The Labute approximate surface area is 173 Å². The van der Waals surface area contributed by atoms with Crippen LogP contribution in [-0.4, -0.2) is 43.6 Å². The lowest BCUT2D eigenvalue weighted by molar-refractivity contribution is 0.102. The Morgan fingerprint density at radius 3 is 2.90 bits per heavy atom. The van der Waals surface area contributed by atoms with Gasteiger partial charge in [0, 0.05) is 48.7 Å². The van der Waals surface area contributed by atoms with Crippen molar-refractivity contribution in [3.63, 3.8) is 0 Å². The first-order chi connectivity index (χ1) is 14.5. The molecule has 4 aromatic heterocycles. The van der Waals surface area contributed by atoms with Gasteiger partial charge in [-0.2, -0.15) is 0 Å². The van der Waals surface area contributed by atoms with E-state index in [1.54, 1.807) is 36.1 Å². The van der Waals surface area contributed by atoms with Crippen molar-refractivity contribution in [3.8, 4) is 0 Å². The Bertz CT molecular complexity index is 1310. The van der Waals surface area contributed by atoms with Gasteiger partial charge in [0.1, 0.15) is 5.82 Å². The van der Waals surface area contributed by atoms with E-state index >= 15 is 0 Å². The molecule has 0 radical (unpaired) electrons. The molecule has 5 heterocycles. The van der Waals surface area contributed by atoms with Crippen molar-refractivity contribution in [1.82, 2.24) is 24.1 Å². The number of likely N-dealkylation sites (tertiary alicyclic amines) is 1. The average Bonchev–Trinajstić information content (AvgIpc) is 3.28. The molecule has 0 saturated carbocycles. The van der Waals surface area contributed by atoms with Crippen LogP contribution in [0.4, 0.5) is 5.82 Å². The van der Waals surface area contributed by atoms with E-state index < -0.39 is 0 Å². The number of amides is 1. The Balaban J connectivity index is 1.40. The predicted molar refractivity (Wildman–Crippen MR) is 116 cm³/mol. The molecule has 30 heavy (non-hydrogen) atoms. The van der Waals surface area contributed by atoms with Gasteiger partial charge in [-0.1, -0.05) is 6.42 Å². The monoisotopic (exact) mass is 404 g/mol. The van der Waals surface area contributed by atoms with Crippen LogP contribution < -0.4 is 10.9 Å². The van der Waals surface area contributed by atoms with Gasteiger partial charge in [-0.3, -0.25) is 19.0 Å². The van der Waals surface area contributed by atoms with E-state index in [1.165, 1.54) is 29.3 Å². The van der Waals surface area contributed by atoms with Gasteiger partial charge in [-0.25, -0.2) is 9.67 Å². The number of pyridine rings is 2. The lowest BCUT2D eigenvalue weighted by Gasteiger charge is -2.31. The molecule has 1 saturated heterocycles. The molecule has 8 nitrogen and oxygen atoms in total. The molecule has 0 aromatic carbocycles. The fourth-order valence-corrected chi connectivity index (χ4v) is 4.29. The van der Waals surface area contributed by atoms with Crippen molar-refractivity contribution >= 4 is 28.1 Å². The van der Waals surface area contributed by atoms with Crippen LogP contribution in [0.5, 0.6) is 0 Å². The van der Waals surface area contributed by atoms with Crippen molar-refractivity contribution in [1.29, 1.82) is 0 Å². The zero-order chi connectivity index (χ0) is 20.8. The number of aryl methyl sites for hydroxylation is 1. The summed E-state index contributed by atoms with van der Waals surface area (Å²) < 4.78 is 3.12. The molecule has 0 unspecified atom stereocenters. The second-order valence-electron chi connectivity index (χ2n) is 8.02. The summed E-state index contributed by atoms with van der Waals surface area (Å²) in [5.74, 6) is 0.211. The van der Waals surface area contributed by atoms with Gasteiger partial charge >= 0.3 is 0 Å². The van der Waals surface area contributed by atoms with Crippen LogP contribution in [0.2, 0.25) is 0 Å². The third-order valence-electron chi connectivity index (χ3n) is 6.03. The van der Waals surface area contributed by atoms with Crippen molar-refractivity contribution < 1.29 is 4.79 Å². The van der Waals surface area contributed by atoms with E-state index in [4.69, 9.17) is 0 Å². The summed E-state index contributed by atoms with van der Waals surface area (Å²) in [5.41, 5.74) is 3.22. The summed E-state index contributed by atoms with van der Waals surface area (Å²) in [5, 5.41) is 3.89. The first-order valence-electron chi connectivity index (χ1n) is 10.2. The van der Waals surface area contributed by atoms with Crippen LogP contribution in [0, 0.1) is 0 Å². The minimum Gasteiger partial charge on any atom is -0.357 e. The van der Waals surface area contributed by atoms with E-state index in [1.807, 2.05) is 6.07 Å². The van der Waals surface area contributed by atoms with Gasteiger partial charge in [0.15, 0.2) is 0 Å². The number of carbonyl (C=O) groups excluding carboxylic acids is 1. The maximum absolute atomic E-state index is 12.7. The van der Waals surface area contributed by atoms with Crippen molar-refractivity contribution in [2.24, 2.45) is 7.05 Å². The summed E-state index contributed by atoms with van der Waals surface area (Å²) in [6.07, 6.45) is 7.06. The maximum Gasteiger partial charge on any atom is 0.267 e. The molecular weight excluding hydrogens is 380 g/mol. The zero-order valence-corrected chi connectivity index (χ0v) is 17.1. The quantitative estimate of drug-likeness (QED) is 0.550. The molecule has 4 aromatic rings. The Morgan fingerprint density at radius 1 is 1.20 bits per heavy atom. The van der Waals surface area contributed by atoms with Crippen LogP contribution in [0.1, 0.15) is 41.4 Å². The maximum atomic E-state index is 12.7. The number of anilines is 1. The molecule has 1 atom stereocenters. The number of aromatic nitrogens is 4. The third kappa shape index (κ3) is 3.19. The van der Waals surface area contributed by atoms with E-state index in [-0.39, 0.29) is 11.5 Å². The highest BCUT2D eigenvalue weighted by molar-refractivity contribution is 6.04. The van der Waals surface area contributed by atoms with Gasteiger partial charge in [0.2, 0.25) is 0 Å². The molecule has 0 aliphatic carbocycles. The van der Waals surface area contributed by atoms with Crippen LogP contribution in [0.3, 0.4) is 0 Å². The Hall–Kier alpha value is -3.39. The molecule has 1 amide bonds. The third-order valence-corrected chi connectivity index (χ3v) is 6.03. The van der Waals surface area contributed by atoms with Gasteiger partial charge in [-0.05, 0) is 44.6 Å². The highest BCUT2D eigenvalue weighted by Crippen LogP contribution is 2.31. The first-order valence-corrected chi connectivity index (χ1v) is 10.2. The first kappa shape index (κ1) is 18.6. The number of aromatic amines is 1. The topological polar surface area (TPSA) is 87.4 Å². The zero-order valence-electron chi connectivity index (χ0n) is 17.1. The van der Waals surface area contributed by atoms with Crippen LogP contribution in [0.15, 0.2) is 47.5 Å². The standard InChI is InChI=1S/C22H24N6O2/c1-26-8-4-3-5-19(26)18-9-15-12-23-20(11-17(15)24-18)25-22(30)14-6-7-16-10-21(29)27(2)28(16)13-14/h6-7,9-13,19,24H,3-5,8H2,1-2H3,(H,23,25,30)/t19-/m1/s1. The number of carbonyl (C=O) groups is 1. The normalized spacial score (nSPS) is 17.6. The second kappa shape index (κ2) is 7.14. The highest BCUT2D eigenvalue weighted by Gasteiger charge is 2.22. The largest absolute Gasteiger partial charge is 0.357 e. The van der Waals surface area contributed by atoms with Gasteiger partial charge < -0.3 is 10.3 Å². The Morgan fingerprint density at radius 2 is 2.07 bits per heavy atom. The molecule has 1 aliphatic rings. The smallest absolute Gasteiger partial charge is 0.267 e. The summed E-state index contributed by atoms with van der Waals surface area (Å²) in [4.78, 5) is 34.8. The van der Waals surface area contributed by atoms with Gasteiger partial charge in [0.25, 0.3) is 11.5 Å². The van der Waals surface area contributed by atoms with E-state index in [0.717, 1.165) is 29.4 Å². The number of nitrogens with zero attached hydrogens (tertiary/aromatic N) is 4. The van der Waals surface area contributed by atoms with Crippen molar-refractivity contribution in [2.45, 2.75) is 25.3 Å². The van der Waals surface area contributed by atoms with Crippen LogP contribution in [0.25, 0.3) is 16.4 Å². The van der Waals surface area contributed by atoms with Crippen molar-refractivity contribution in [2.75, 3.05) is 18.9 Å². The molecule has 0 spiro atoms. The fourth-order valence-electron chi connectivity index (χ4n) is 4.29. The number of fused-ring (bicyclic) bond motifs is 2. The second-order valence-corrected chi connectivity index (χ2v) is 8.02. The average molecular weight is 404 g/mol. The summed E-state index contributed by atoms with van der Waals surface area (Å²) in [7, 11) is 3.83. The highest BCUT2D eigenvalue weighted by atomic mass is 16.2. The van der Waals surface area contributed by atoms with Crippen LogP contribution >= 0.6 is 0 Å². The number of H-pyrrole nitrogens is 1. The summed E-state index contributed by atoms with van der Waals surface area (Å²) in [6.45, 7) is 1.11. The summed E-state index contributed by atoms with van der Waals surface area (Å²) >= 11 is 0. The minimum absolute atomic E-state index is 0.120. The van der Waals surface area contributed by atoms with Crippen LogP contribution in [-0.2, 0) is 7.05 Å². The number of hydrogen-bond acceptors (Lipinski definition) is 4. The van der Waals surface area contributed by atoms with Crippen molar-refractivity contribution in [3.05, 3.63) is 64.3 Å². The lowest BCUT2D eigenvalue weighted by atomic mass is 10.0. The van der Waals surface area contributed by atoms with E-state index in [9.17, 15) is 9.59 Å².